The topological polar surface area (TPSA) is 76.1 Å². The Bertz CT molecular complexity index is 307. The third-order valence-corrected chi connectivity index (χ3v) is 3.22. The SMILES string of the molecule is CCOCCOC(C)C(=O)N1CCCC1CC(=O)O. The summed E-state index contributed by atoms with van der Waals surface area (Å²) in [5.74, 6) is -0.991. The van der Waals surface area contributed by atoms with Crippen molar-refractivity contribution in [3.8, 4) is 0 Å². The molecule has 110 valence electrons. The molecule has 1 aliphatic rings. The lowest BCUT2D eigenvalue weighted by molar-refractivity contribution is -0.146. The molecule has 0 spiro atoms. The summed E-state index contributed by atoms with van der Waals surface area (Å²) < 4.78 is 10.5. The van der Waals surface area contributed by atoms with Crippen LogP contribution in [0.4, 0.5) is 0 Å². The molecule has 19 heavy (non-hydrogen) atoms. The summed E-state index contributed by atoms with van der Waals surface area (Å²) >= 11 is 0. The molecule has 0 aliphatic carbocycles. The third kappa shape index (κ3) is 5.16. The molecule has 0 bridgehead atoms. The smallest absolute Gasteiger partial charge is 0.305 e. The number of carbonyl (C=O) groups is 2. The van der Waals surface area contributed by atoms with E-state index in [2.05, 4.69) is 0 Å². The zero-order chi connectivity index (χ0) is 14.3. The maximum atomic E-state index is 12.2. The van der Waals surface area contributed by atoms with Crippen molar-refractivity contribution in [1.82, 2.24) is 4.90 Å². The van der Waals surface area contributed by atoms with Gasteiger partial charge in [0.1, 0.15) is 6.10 Å². The van der Waals surface area contributed by atoms with Crippen molar-refractivity contribution in [3.05, 3.63) is 0 Å². The van der Waals surface area contributed by atoms with Crippen LogP contribution in [0.25, 0.3) is 0 Å². The van der Waals surface area contributed by atoms with Crippen molar-refractivity contribution in [2.24, 2.45) is 0 Å². The van der Waals surface area contributed by atoms with Crippen molar-refractivity contribution in [3.63, 3.8) is 0 Å². The van der Waals surface area contributed by atoms with Crippen LogP contribution < -0.4 is 0 Å². The van der Waals surface area contributed by atoms with Crippen molar-refractivity contribution in [2.45, 2.75) is 45.3 Å². The summed E-state index contributed by atoms with van der Waals surface area (Å²) in [7, 11) is 0. The molecule has 1 N–H and O–H groups in total. The van der Waals surface area contributed by atoms with E-state index in [9.17, 15) is 9.59 Å². The molecule has 6 heteroatoms. The highest BCUT2D eigenvalue weighted by Gasteiger charge is 2.32. The van der Waals surface area contributed by atoms with Gasteiger partial charge in [0.15, 0.2) is 0 Å². The van der Waals surface area contributed by atoms with E-state index in [0.29, 0.717) is 26.4 Å². The van der Waals surface area contributed by atoms with Gasteiger partial charge in [0, 0.05) is 19.2 Å². The molecule has 0 aromatic rings. The largest absolute Gasteiger partial charge is 0.481 e. The summed E-state index contributed by atoms with van der Waals surface area (Å²) in [5.41, 5.74) is 0. The normalized spacial score (nSPS) is 20.5. The minimum atomic E-state index is -0.866. The number of carboxylic acid groups (broad SMARTS) is 1. The van der Waals surface area contributed by atoms with Crippen LogP contribution in [0.3, 0.4) is 0 Å². The Morgan fingerprint density at radius 3 is 2.79 bits per heavy atom. The second-order valence-corrected chi connectivity index (χ2v) is 4.64. The van der Waals surface area contributed by atoms with Gasteiger partial charge in [-0.25, -0.2) is 0 Å². The molecular weight excluding hydrogens is 250 g/mol. The van der Waals surface area contributed by atoms with E-state index in [1.807, 2.05) is 6.92 Å². The minimum Gasteiger partial charge on any atom is -0.481 e. The molecule has 1 fully saturated rings. The van der Waals surface area contributed by atoms with Crippen LogP contribution in [0.15, 0.2) is 0 Å². The van der Waals surface area contributed by atoms with Crippen LogP contribution in [0.2, 0.25) is 0 Å². The predicted molar refractivity (Wildman–Crippen MR) is 68.9 cm³/mol. The van der Waals surface area contributed by atoms with Crippen molar-refractivity contribution < 1.29 is 24.2 Å². The quantitative estimate of drug-likeness (QED) is 0.665. The number of aliphatic carboxylic acids is 1. The van der Waals surface area contributed by atoms with Gasteiger partial charge in [-0.05, 0) is 26.7 Å². The Labute approximate surface area is 113 Å². The third-order valence-electron chi connectivity index (χ3n) is 3.22. The summed E-state index contributed by atoms with van der Waals surface area (Å²) in [4.78, 5) is 24.6. The van der Waals surface area contributed by atoms with Crippen LogP contribution in [0.1, 0.15) is 33.1 Å². The Morgan fingerprint density at radius 2 is 2.16 bits per heavy atom. The number of carboxylic acids is 1. The maximum absolute atomic E-state index is 12.2. The molecule has 1 amide bonds. The average molecular weight is 273 g/mol. The minimum absolute atomic E-state index is 0.0113. The Balaban J connectivity index is 2.39. The van der Waals surface area contributed by atoms with Crippen LogP contribution in [-0.2, 0) is 19.1 Å². The van der Waals surface area contributed by atoms with Gasteiger partial charge in [-0.2, -0.15) is 0 Å². The molecule has 1 saturated heterocycles. The first-order valence-electron chi connectivity index (χ1n) is 6.77. The number of rotatable bonds is 8. The fourth-order valence-corrected chi connectivity index (χ4v) is 2.27. The lowest BCUT2D eigenvalue weighted by Gasteiger charge is -2.26. The Morgan fingerprint density at radius 1 is 1.42 bits per heavy atom. The number of carbonyl (C=O) groups excluding carboxylic acids is 1. The summed E-state index contributed by atoms with van der Waals surface area (Å²) in [6.07, 6.45) is 1.08. The molecule has 1 aliphatic heterocycles. The molecule has 0 saturated carbocycles. The van der Waals surface area contributed by atoms with E-state index < -0.39 is 12.1 Å². The highest BCUT2D eigenvalue weighted by Crippen LogP contribution is 2.21. The van der Waals surface area contributed by atoms with Gasteiger partial charge in [0.05, 0.1) is 19.6 Å². The first-order chi connectivity index (χ1) is 9.06. The van der Waals surface area contributed by atoms with E-state index in [1.54, 1.807) is 11.8 Å². The molecule has 0 radical (unpaired) electrons. The average Bonchev–Trinajstić information content (AvgIpc) is 2.80. The monoisotopic (exact) mass is 273 g/mol. The van der Waals surface area contributed by atoms with Crippen molar-refractivity contribution >= 4 is 11.9 Å². The number of likely N-dealkylation sites (tertiary alicyclic amines) is 1. The molecular formula is C13H23NO5. The molecule has 6 nitrogen and oxygen atoms in total. The lowest BCUT2D eigenvalue weighted by Crippen LogP contribution is -2.43. The second-order valence-electron chi connectivity index (χ2n) is 4.64. The number of amides is 1. The van der Waals surface area contributed by atoms with Crippen LogP contribution in [0, 0.1) is 0 Å². The molecule has 0 aromatic heterocycles. The van der Waals surface area contributed by atoms with Crippen LogP contribution in [-0.4, -0.2) is 60.4 Å². The highest BCUT2D eigenvalue weighted by atomic mass is 16.5. The summed E-state index contributed by atoms with van der Waals surface area (Å²) in [6, 6.07) is -0.192. The number of ether oxygens (including phenoxy) is 2. The summed E-state index contributed by atoms with van der Waals surface area (Å²) in [5, 5.41) is 8.83. The van der Waals surface area contributed by atoms with E-state index in [0.717, 1.165) is 12.8 Å². The fourth-order valence-electron chi connectivity index (χ4n) is 2.27. The zero-order valence-electron chi connectivity index (χ0n) is 11.6. The first-order valence-corrected chi connectivity index (χ1v) is 6.77. The van der Waals surface area contributed by atoms with Gasteiger partial charge in [-0.1, -0.05) is 0 Å². The Kier molecular flexibility index (Phi) is 6.80. The number of nitrogens with zero attached hydrogens (tertiary/aromatic N) is 1. The molecule has 2 unspecified atom stereocenters. The van der Waals surface area contributed by atoms with Crippen LogP contribution in [0.5, 0.6) is 0 Å². The lowest BCUT2D eigenvalue weighted by atomic mass is 10.1. The van der Waals surface area contributed by atoms with Gasteiger partial charge < -0.3 is 19.5 Å². The molecule has 0 aromatic carbocycles. The van der Waals surface area contributed by atoms with Crippen molar-refractivity contribution in [1.29, 1.82) is 0 Å². The Hall–Kier alpha value is -1.14. The van der Waals surface area contributed by atoms with Crippen molar-refractivity contribution in [2.75, 3.05) is 26.4 Å². The second kappa shape index (κ2) is 8.12. The van der Waals surface area contributed by atoms with Gasteiger partial charge >= 0.3 is 5.97 Å². The van der Waals surface area contributed by atoms with Gasteiger partial charge in [0.2, 0.25) is 0 Å². The number of hydrogen-bond donors (Lipinski definition) is 1. The highest BCUT2D eigenvalue weighted by molar-refractivity contribution is 5.81. The molecule has 1 rings (SSSR count). The van der Waals surface area contributed by atoms with E-state index >= 15 is 0 Å². The van der Waals surface area contributed by atoms with E-state index in [-0.39, 0.29) is 18.4 Å². The summed E-state index contributed by atoms with van der Waals surface area (Å²) in [6.45, 7) is 5.68. The van der Waals surface area contributed by atoms with E-state index in [1.165, 1.54) is 0 Å². The maximum Gasteiger partial charge on any atom is 0.305 e. The van der Waals surface area contributed by atoms with Gasteiger partial charge in [-0.3, -0.25) is 9.59 Å². The number of hydrogen-bond acceptors (Lipinski definition) is 4. The van der Waals surface area contributed by atoms with Crippen LogP contribution >= 0.6 is 0 Å². The zero-order valence-corrected chi connectivity index (χ0v) is 11.6. The standard InChI is InChI=1S/C13H23NO5/c1-3-18-7-8-19-10(2)13(17)14-6-4-5-11(14)9-12(15)16/h10-11H,3-9H2,1-2H3,(H,15,16). The molecule has 2 atom stereocenters. The fraction of sp³-hybridized carbons (Fsp3) is 0.846. The predicted octanol–water partition coefficient (Wildman–Crippen LogP) is 0.894. The van der Waals surface area contributed by atoms with Gasteiger partial charge in [0.25, 0.3) is 5.91 Å². The van der Waals surface area contributed by atoms with E-state index in [4.69, 9.17) is 14.6 Å². The van der Waals surface area contributed by atoms with Gasteiger partial charge in [-0.15, -0.1) is 0 Å². The molecule has 1 heterocycles. The first kappa shape index (κ1) is 15.9.